The summed E-state index contributed by atoms with van der Waals surface area (Å²) in [6.45, 7) is 2.14. The molecular weight excluding hydrogens is 198 g/mol. The third kappa shape index (κ3) is 3.75. The lowest BCUT2D eigenvalue weighted by atomic mass is 10.4. The highest BCUT2D eigenvalue weighted by molar-refractivity contribution is 7.99. The van der Waals surface area contributed by atoms with E-state index in [1.807, 2.05) is 11.8 Å². The van der Waals surface area contributed by atoms with Crippen LogP contribution in [0, 0.1) is 11.3 Å². The van der Waals surface area contributed by atoms with Crippen molar-refractivity contribution in [1.29, 1.82) is 5.26 Å². The molecule has 0 aromatic heterocycles. The van der Waals surface area contributed by atoms with Crippen LogP contribution < -0.4 is 0 Å². The Bertz CT molecular complexity index is 287. The summed E-state index contributed by atoms with van der Waals surface area (Å²) < 4.78 is 0. The Morgan fingerprint density at radius 1 is 1.15 bits per heavy atom. The number of thioether (sulfide) groups is 2. The fourth-order valence-electron chi connectivity index (χ4n) is 0.914. The molecule has 3 heteroatoms. The minimum absolute atomic E-state index is 0.528. The number of hydrogen-bond acceptors (Lipinski definition) is 3. The highest BCUT2D eigenvalue weighted by atomic mass is 32.2. The lowest BCUT2D eigenvalue weighted by Gasteiger charge is -1.99. The van der Waals surface area contributed by atoms with Crippen LogP contribution in [0.25, 0.3) is 0 Å². The van der Waals surface area contributed by atoms with E-state index in [1.54, 1.807) is 11.8 Å². The quantitative estimate of drug-likeness (QED) is 0.710. The van der Waals surface area contributed by atoms with Gasteiger partial charge in [-0.25, -0.2) is 0 Å². The van der Waals surface area contributed by atoms with Crippen LogP contribution in [0.1, 0.15) is 6.92 Å². The van der Waals surface area contributed by atoms with Crippen molar-refractivity contribution < 1.29 is 0 Å². The van der Waals surface area contributed by atoms with Crippen LogP contribution in [0.2, 0.25) is 0 Å². The van der Waals surface area contributed by atoms with Gasteiger partial charge in [0.05, 0.1) is 11.8 Å². The average molecular weight is 209 g/mol. The minimum atomic E-state index is 0.528. The van der Waals surface area contributed by atoms with Gasteiger partial charge >= 0.3 is 0 Å². The third-order valence-electron chi connectivity index (χ3n) is 1.44. The van der Waals surface area contributed by atoms with Crippen molar-refractivity contribution >= 4 is 23.5 Å². The zero-order valence-corrected chi connectivity index (χ0v) is 9.12. The Balaban J connectivity index is 2.54. The number of hydrogen-bond donors (Lipinski definition) is 0. The van der Waals surface area contributed by atoms with Gasteiger partial charge in [0.15, 0.2) is 0 Å². The lowest BCUT2D eigenvalue weighted by Crippen LogP contribution is -1.76. The van der Waals surface area contributed by atoms with Gasteiger partial charge < -0.3 is 0 Å². The largest absolute Gasteiger partial charge is 0.197 e. The Hall–Kier alpha value is -0.590. The zero-order valence-electron chi connectivity index (χ0n) is 7.49. The van der Waals surface area contributed by atoms with Gasteiger partial charge in [-0.1, -0.05) is 6.92 Å². The molecule has 0 aliphatic rings. The lowest BCUT2D eigenvalue weighted by molar-refractivity contribution is 1.34. The molecule has 1 rings (SSSR count). The molecule has 1 aromatic carbocycles. The molecule has 0 N–H and O–H groups in total. The van der Waals surface area contributed by atoms with E-state index in [-0.39, 0.29) is 0 Å². The van der Waals surface area contributed by atoms with Gasteiger partial charge in [-0.3, -0.25) is 0 Å². The van der Waals surface area contributed by atoms with E-state index in [1.165, 1.54) is 9.79 Å². The third-order valence-corrected chi connectivity index (χ3v) is 3.21. The van der Waals surface area contributed by atoms with Crippen LogP contribution in [0.15, 0.2) is 34.1 Å². The van der Waals surface area contributed by atoms with Crippen molar-refractivity contribution in [3.63, 3.8) is 0 Å². The maximum absolute atomic E-state index is 8.39. The van der Waals surface area contributed by atoms with E-state index in [9.17, 15) is 0 Å². The summed E-state index contributed by atoms with van der Waals surface area (Å²) >= 11 is 3.41. The monoisotopic (exact) mass is 209 g/mol. The Morgan fingerprint density at radius 2 is 1.69 bits per heavy atom. The van der Waals surface area contributed by atoms with Crippen molar-refractivity contribution in [3.05, 3.63) is 24.3 Å². The molecule has 0 aliphatic carbocycles. The standard InChI is InChI=1S/C10H11NS2/c1-2-12-9-3-5-10(6-4-9)13-8-7-11/h3-6H,2,8H2,1H3. The number of benzene rings is 1. The maximum atomic E-state index is 8.39. The number of nitrogens with zero attached hydrogens (tertiary/aromatic N) is 1. The van der Waals surface area contributed by atoms with Crippen LogP contribution in [0.3, 0.4) is 0 Å². The summed E-state index contributed by atoms with van der Waals surface area (Å²) in [4.78, 5) is 2.46. The van der Waals surface area contributed by atoms with Crippen molar-refractivity contribution in [3.8, 4) is 6.07 Å². The van der Waals surface area contributed by atoms with Crippen molar-refractivity contribution in [2.75, 3.05) is 11.5 Å². The van der Waals surface area contributed by atoms with Crippen LogP contribution in [-0.2, 0) is 0 Å². The first-order chi connectivity index (χ1) is 6.36. The smallest absolute Gasteiger partial charge is 0.0855 e. The van der Waals surface area contributed by atoms with Gasteiger partial charge in [0.25, 0.3) is 0 Å². The molecule has 0 fully saturated rings. The van der Waals surface area contributed by atoms with Crippen LogP contribution in [0.4, 0.5) is 0 Å². The van der Waals surface area contributed by atoms with E-state index in [2.05, 4.69) is 37.3 Å². The van der Waals surface area contributed by atoms with Crippen molar-refractivity contribution in [1.82, 2.24) is 0 Å². The Labute approximate surface area is 87.5 Å². The second kappa shape index (κ2) is 5.95. The fraction of sp³-hybridized carbons (Fsp3) is 0.300. The number of nitriles is 1. The molecule has 1 aromatic rings. The van der Waals surface area contributed by atoms with Crippen molar-refractivity contribution in [2.45, 2.75) is 16.7 Å². The van der Waals surface area contributed by atoms with Gasteiger partial charge in [0.2, 0.25) is 0 Å². The molecule has 0 heterocycles. The van der Waals surface area contributed by atoms with E-state index >= 15 is 0 Å². The maximum Gasteiger partial charge on any atom is 0.0855 e. The van der Waals surface area contributed by atoms with E-state index < -0.39 is 0 Å². The van der Waals surface area contributed by atoms with E-state index in [0.29, 0.717) is 5.75 Å². The summed E-state index contributed by atoms with van der Waals surface area (Å²) in [5.74, 6) is 1.63. The van der Waals surface area contributed by atoms with Gasteiger partial charge in [-0.15, -0.1) is 23.5 Å². The molecule has 0 saturated carbocycles. The Morgan fingerprint density at radius 3 is 2.15 bits per heavy atom. The molecule has 0 amide bonds. The predicted octanol–water partition coefficient (Wildman–Crippen LogP) is 3.41. The van der Waals surface area contributed by atoms with E-state index in [0.717, 1.165) is 5.75 Å². The highest BCUT2D eigenvalue weighted by Gasteiger charge is 1.94. The summed E-state index contributed by atoms with van der Waals surface area (Å²) in [6, 6.07) is 10.5. The first-order valence-corrected chi connectivity index (χ1v) is 6.06. The molecule has 0 spiro atoms. The zero-order chi connectivity index (χ0) is 9.52. The van der Waals surface area contributed by atoms with Crippen LogP contribution >= 0.6 is 23.5 Å². The topological polar surface area (TPSA) is 23.8 Å². The molecule has 1 nitrogen and oxygen atoms in total. The molecule has 13 heavy (non-hydrogen) atoms. The Kier molecular flexibility index (Phi) is 4.81. The van der Waals surface area contributed by atoms with Crippen LogP contribution in [-0.4, -0.2) is 11.5 Å². The first-order valence-electron chi connectivity index (χ1n) is 4.09. The molecular formula is C10H11NS2. The van der Waals surface area contributed by atoms with Crippen molar-refractivity contribution in [2.24, 2.45) is 0 Å². The summed E-state index contributed by atoms with van der Waals surface area (Å²) in [7, 11) is 0. The van der Waals surface area contributed by atoms with Crippen LogP contribution in [0.5, 0.6) is 0 Å². The molecule has 0 radical (unpaired) electrons. The normalized spacial score (nSPS) is 9.54. The number of rotatable bonds is 4. The second-order valence-corrected chi connectivity index (χ2v) is 4.74. The highest BCUT2D eigenvalue weighted by Crippen LogP contribution is 2.22. The SMILES string of the molecule is CCSc1ccc(SCC#N)cc1. The predicted molar refractivity (Wildman–Crippen MR) is 59.2 cm³/mol. The molecule has 0 saturated heterocycles. The summed E-state index contributed by atoms with van der Waals surface area (Å²) in [5.41, 5.74) is 0. The molecule has 0 bridgehead atoms. The van der Waals surface area contributed by atoms with Gasteiger partial charge in [-0.2, -0.15) is 5.26 Å². The van der Waals surface area contributed by atoms with Gasteiger partial charge in [-0.05, 0) is 30.0 Å². The van der Waals surface area contributed by atoms with Gasteiger partial charge in [0.1, 0.15) is 0 Å². The minimum Gasteiger partial charge on any atom is -0.197 e. The first kappa shape index (κ1) is 10.5. The molecule has 0 aliphatic heterocycles. The fourth-order valence-corrected chi connectivity index (χ4v) is 2.14. The molecule has 68 valence electrons. The molecule has 0 unspecified atom stereocenters. The van der Waals surface area contributed by atoms with Gasteiger partial charge in [0, 0.05) is 9.79 Å². The second-order valence-electron chi connectivity index (χ2n) is 2.35. The summed E-state index contributed by atoms with van der Waals surface area (Å²) in [6.07, 6.45) is 0. The molecule has 0 atom stereocenters. The average Bonchev–Trinajstić information content (AvgIpc) is 2.17. The summed E-state index contributed by atoms with van der Waals surface area (Å²) in [5, 5.41) is 8.39. The van der Waals surface area contributed by atoms with E-state index in [4.69, 9.17) is 5.26 Å².